The summed E-state index contributed by atoms with van der Waals surface area (Å²) in [4.78, 5) is 17.4. The van der Waals surface area contributed by atoms with Gasteiger partial charge in [0.05, 0.1) is 5.52 Å². The number of halogens is 1. The zero-order valence-corrected chi connectivity index (χ0v) is 15.2. The van der Waals surface area contributed by atoms with Crippen molar-refractivity contribution in [1.82, 2.24) is 15.2 Å². The van der Waals surface area contributed by atoms with Crippen LogP contribution in [0.15, 0.2) is 42.5 Å². The summed E-state index contributed by atoms with van der Waals surface area (Å²) in [6.45, 7) is 2.99. The summed E-state index contributed by atoms with van der Waals surface area (Å²) < 4.78 is 5.50. The van der Waals surface area contributed by atoms with Crippen molar-refractivity contribution in [3.63, 3.8) is 0 Å². The molecule has 0 radical (unpaired) electrons. The van der Waals surface area contributed by atoms with E-state index in [2.05, 4.69) is 15.2 Å². The normalized spacial score (nSPS) is 11.4. The molecule has 0 saturated heterocycles. The Morgan fingerprint density at radius 1 is 1.12 bits per heavy atom. The van der Waals surface area contributed by atoms with Crippen LogP contribution in [0.5, 0.6) is 5.75 Å². The molecular weight excluding hydrogens is 356 g/mol. The number of anilines is 2. The van der Waals surface area contributed by atoms with Crippen LogP contribution in [0.1, 0.15) is 13.8 Å². The van der Waals surface area contributed by atoms with Crippen LogP contribution in [0, 0.1) is 0 Å². The maximum absolute atomic E-state index is 11.1. The third-order valence-corrected chi connectivity index (χ3v) is 4.05. The summed E-state index contributed by atoms with van der Waals surface area (Å²) in [5.74, 6) is -0.143. The summed E-state index contributed by atoms with van der Waals surface area (Å²) in [5.41, 5.74) is 0.810. The highest BCUT2D eigenvalue weighted by molar-refractivity contribution is 6.31. The molecule has 3 aromatic rings. The molecule has 1 aromatic heterocycles. The quantitative estimate of drug-likeness (QED) is 0.730. The number of carbonyl (C=O) groups is 1. The number of aromatic nitrogens is 3. The number of carboxylic acids is 1. The van der Waals surface area contributed by atoms with Gasteiger partial charge in [0.25, 0.3) is 0 Å². The van der Waals surface area contributed by atoms with Crippen molar-refractivity contribution >= 4 is 40.2 Å². The van der Waals surface area contributed by atoms with Gasteiger partial charge in [-0.25, -0.2) is 9.78 Å². The molecule has 0 aliphatic heterocycles. The van der Waals surface area contributed by atoms with Gasteiger partial charge in [0.15, 0.2) is 5.60 Å². The minimum Gasteiger partial charge on any atom is -0.478 e. The molecule has 1 N–H and O–H groups in total. The van der Waals surface area contributed by atoms with Gasteiger partial charge in [-0.15, -0.1) is 10.2 Å². The fourth-order valence-corrected chi connectivity index (χ4v) is 2.40. The van der Waals surface area contributed by atoms with Crippen molar-refractivity contribution in [1.29, 1.82) is 0 Å². The second-order valence-electron chi connectivity index (χ2n) is 6.22. The topological polar surface area (TPSA) is 88.4 Å². The highest BCUT2D eigenvalue weighted by Gasteiger charge is 2.29. The van der Waals surface area contributed by atoms with Crippen molar-refractivity contribution in [3.8, 4) is 5.75 Å². The average molecular weight is 373 g/mol. The number of aliphatic carboxylic acids is 1. The summed E-state index contributed by atoms with van der Waals surface area (Å²) in [7, 11) is 1.82. The van der Waals surface area contributed by atoms with Crippen LogP contribution < -0.4 is 9.64 Å². The van der Waals surface area contributed by atoms with Crippen LogP contribution >= 0.6 is 11.6 Å². The van der Waals surface area contributed by atoms with E-state index in [0.29, 0.717) is 27.8 Å². The number of benzene rings is 2. The van der Waals surface area contributed by atoms with Gasteiger partial charge in [-0.2, -0.15) is 0 Å². The first-order valence-corrected chi connectivity index (χ1v) is 8.20. The lowest BCUT2D eigenvalue weighted by Crippen LogP contribution is -2.37. The molecule has 26 heavy (non-hydrogen) atoms. The predicted octanol–water partition coefficient (Wildman–Crippen LogP) is 3.69. The number of carboxylic acid groups (broad SMARTS) is 1. The molecular formula is C18H17ClN4O3. The Labute approximate surface area is 155 Å². The largest absolute Gasteiger partial charge is 0.478 e. The second-order valence-corrected chi connectivity index (χ2v) is 6.65. The Bertz CT molecular complexity index is 960. The van der Waals surface area contributed by atoms with Crippen molar-refractivity contribution < 1.29 is 14.6 Å². The molecule has 3 rings (SSSR count). The van der Waals surface area contributed by atoms with E-state index in [1.807, 2.05) is 7.05 Å². The highest BCUT2D eigenvalue weighted by atomic mass is 35.5. The molecule has 0 unspecified atom stereocenters. The zero-order chi connectivity index (χ0) is 18.9. The van der Waals surface area contributed by atoms with Crippen LogP contribution in [0.3, 0.4) is 0 Å². The van der Waals surface area contributed by atoms with E-state index in [0.717, 1.165) is 5.69 Å². The van der Waals surface area contributed by atoms with Crippen molar-refractivity contribution in [2.24, 2.45) is 0 Å². The van der Waals surface area contributed by atoms with Crippen molar-refractivity contribution in [2.75, 3.05) is 11.9 Å². The van der Waals surface area contributed by atoms with E-state index in [-0.39, 0.29) is 0 Å². The van der Waals surface area contributed by atoms with E-state index >= 15 is 0 Å². The van der Waals surface area contributed by atoms with Crippen molar-refractivity contribution in [3.05, 3.63) is 47.5 Å². The fraction of sp³-hybridized carbons (Fsp3) is 0.222. The Morgan fingerprint density at radius 3 is 2.46 bits per heavy atom. The first-order chi connectivity index (χ1) is 12.3. The molecule has 0 amide bonds. The number of nitrogens with zero attached hydrogens (tertiary/aromatic N) is 4. The molecule has 0 aliphatic rings. The monoisotopic (exact) mass is 372 g/mol. The highest BCUT2D eigenvalue weighted by Crippen LogP contribution is 2.26. The SMILES string of the molecule is CN(c1ccc(OC(C)(C)C(=O)O)cc1)c1nnc2cc(Cl)ccc2n1. The van der Waals surface area contributed by atoms with Crippen LogP contribution in [-0.2, 0) is 4.79 Å². The van der Waals surface area contributed by atoms with Gasteiger partial charge >= 0.3 is 5.97 Å². The molecule has 0 saturated carbocycles. The molecule has 8 heteroatoms. The van der Waals surface area contributed by atoms with Gasteiger partial charge in [0, 0.05) is 17.8 Å². The van der Waals surface area contributed by atoms with E-state index in [1.165, 1.54) is 13.8 Å². The van der Waals surface area contributed by atoms with Crippen LogP contribution in [-0.4, -0.2) is 38.9 Å². The second kappa shape index (κ2) is 6.76. The van der Waals surface area contributed by atoms with Crippen LogP contribution in [0.4, 0.5) is 11.6 Å². The number of hydrogen-bond acceptors (Lipinski definition) is 6. The van der Waals surface area contributed by atoms with Crippen LogP contribution in [0.25, 0.3) is 11.0 Å². The number of ether oxygens (including phenoxy) is 1. The van der Waals surface area contributed by atoms with Gasteiger partial charge in [-0.05, 0) is 56.3 Å². The summed E-state index contributed by atoms with van der Waals surface area (Å²) in [6, 6.07) is 12.2. The van der Waals surface area contributed by atoms with E-state index < -0.39 is 11.6 Å². The zero-order valence-electron chi connectivity index (χ0n) is 14.5. The van der Waals surface area contributed by atoms with E-state index in [4.69, 9.17) is 21.4 Å². The first-order valence-electron chi connectivity index (χ1n) is 7.82. The fourth-order valence-electron chi connectivity index (χ4n) is 2.23. The molecule has 1 heterocycles. The van der Waals surface area contributed by atoms with E-state index in [9.17, 15) is 4.79 Å². The number of fused-ring (bicyclic) bond motifs is 1. The van der Waals surface area contributed by atoms with E-state index in [1.54, 1.807) is 47.4 Å². The van der Waals surface area contributed by atoms with Crippen LogP contribution in [0.2, 0.25) is 5.02 Å². The molecule has 0 atom stereocenters. The maximum Gasteiger partial charge on any atom is 0.347 e. The van der Waals surface area contributed by atoms with Gasteiger partial charge < -0.3 is 14.7 Å². The first kappa shape index (κ1) is 17.9. The average Bonchev–Trinajstić information content (AvgIpc) is 2.61. The molecule has 0 fully saturated rings. The Balaban J connectivity index is 1.82. The summed E-state index contributed by atoms with van der Waals surface area (Å²) >= 11 is 5.94. The summed E-state index contributed by atoms with van der Waals surface area (Å²) in [5, 5.41) is 18.0. The van der Waals surface area contributed by atoms with Gasteiger partial charge in [-0.3, -0.25) is 0 Å². The lowest BCUT2D eigenvalue weighted by molar-refractivity contribution is -0.152. The minimum atomic E-state index is -1.31. The lowest BCUT2D eigenvalue weighted by Gasteiger charge is -2.22. The predicted molar refractivity (Wildman–Crippen MR) is 99.2 cm³/mol. The molecule has 0 bridgehead atoms. The third-order valence-electron chi connectivity index (χ3n) is 3.82. The smallest absolute Gasteiger partial charge is 0.347 e. The molecule has 0 spiro atoms. The van der Waals surface area contributed by atoms with Crippen molar-refractivity contribution in [2.45, 2.75) is 19.4 Å². The molecule has 0 aliphatic carbocycles. The Morgan fingerprint density at radius 2 is 1.81 bits per heavy atom. The standard InChI is InChI=1S/C18H17ClN4O3/c1-18(2,16(24)25)26-13-7-5-12(6-8-13)23(3)17-20-14-9-4-11(19)10-15(14)21-22-17/h4-10H,1-3H3,(H,24,25). The minimum absolute atomic E-state index is 0.430. The Kier molecular flexibility index (Phi) is 4.65. The third kappa shape index (κ3) is 3.67. The molecule has 7 nitrogen and oxygen atoms in total. The maximum atomic E-state index is 11.1. The van der Waals surface area contributed by atoms with Gasteiger partial charge in [0.2, 0.25) is 5.95 Å². The van der Waals surface area contributed by atoms with Gasteiger partial charge in [0.1, 0.15) is 11.3 Å². The molecule has 2 aromatic carbocycles. The molecule has 134 valence electrons. The van der Waals surface area contributed by atoms with Gasteiger partial charge in [-0.1, -0.05) is 11.6 Å². The number of rotatable bonds is 5. The lowest BCUT2D eigenvalue weighted by atomic mass is 10.1. The summed E-state index contributed by atoms with van der Waals surface area (Å²) in [6.07, 6.45) is 0. The Hall–Kier alpha value is -2.93. The number of hydrogen-bond donors (Lipinski definition) is 1.